The van der Waals surface area contributed by atoms with E-state index in [1.165, 1.54) is 0 Å². The van der Waals surface area contributed by atoms with E-state index in [4.69, 9.17) is 11.5 Å². The van der Waals surface area contributed by atoms with Gasteiger partial charge < -0.3 is 11.5 Å². The predicted octanol–water partition coefficient (Wildman–Crippen LogP) is 0.411. The summed E-state index contributed by atoms with van der Waals surface area (Å²) in [7, 11) is 0. The Bertz CT molecular complexity index is 132. The molecule has 4 heteroatoms. The third-order valence-corrected chi connectivity index (χ3v) is 2.17. The first-order chi connectivity index (χ1) is 4.70. The standard InChI is InChI=1S/C7H14N2O.ClH/c8-6-3-1-5(2-4-6)7(9)10;/h5-6H,1-4,8H2,(H2,9,10);1H. The molecule has 66 valence electrons. The Kier molecular flexibility index (Phi) is 4.45. The van der Waals surface area contributed by atoms with Crippen molar-refractivity contribution >= 4 is 18.3 Å². The summed E-state index contributed by atoms with van der Waals surface area (Å²) in [6.07, 6.45) is 3.67. The van der Waals surface area contributed by atoms with Gasteiger partial charge in [-0.2, -0.15) is 0 Å². The van der Waals surface area contributed by atoms with Crippen LogP contribution in [0.2, 0.25) is 0 Å². The van der Waals surface area contributed by atoms with Crippen molar-refractivity contribution in [3.05, 3.63) is 0 Å². The highest BCUT2D eigenvalue weighted by atomic mass is 35.5. The van der Waals surface area contributed by atoms with Gasteiger partial charge in [-0.05, 0) is 25.7 Å². The van der Waals surface area contributed by atoms with Gasteiger partial charge in [0.25, 0.3) is 0 Å². The summed E-state index contributed by atoms with van der Waals surface area (Å²) >= 11 is 0. The lowest BCUT2D eigenvalue weighted by Gasteiger charge is -2.23. The van der Waals surface area contributed by atoms with Crippen molar-refractivity contribution in [1.82, 2.24) is 0 Å². The smallest absolute Gasteiger partial charge is 0.220 e. The lowest BCUT2D eigenvalue weighted by molar-refractivity contribution is -0.122. The minimum absolute atomic E-state index is 0. The molecule has 1 rings (SSSR count). The van der Waals surface area contributed by atoms with Crippen molar-refractivity contribution in [1.29, 1.82) is 0 Å². The lowest BCUT2D eigenvalue weighted by Crippen LogP contribution is -2.32. The Hall–Kier alpha value is -0.280. The fourth-order valence-electron chi connectivity index (χ4n) is 1.40. The molecular weight excluding hydrogens is 164 g/mol. The molecule has 0 saturated heterocycles. The number of primary amides is 1. The Morgan fingerprint density at radius 2 is 1.64 bits per heavy atom. The van der Waals surface area contributed by atoms with E-state index in [9.17, 15) is 4.79 Å². The molecule has 0 atom stereocenters. The number of carbonyl (C=O) groups excluding carboxylic acids is 1. The van der Waals surface area contributed by atoms with Crippen LogP contribution < -0.4 is 11.5 Å². The van der Waals surface area contributed by atoms with Gasteiger partial charge in [0.2, 0.25) is 5.91 Å². The molecule has 0 aromatic rings. The summed E-state index contributed by atoms with van der Waals surface area (Å²) in [5.41, 5.74) is 10.8. The topological polar surface area (TPSA) is 69.1 Å². The number of halogens is 1. The summed E-state index contributed by atoms with van der Waals surface area (Å²) in [4.78, 5) is 10.6. The Balaban J connectivity index is 0.000001000. The van der Waals surface area contributed by atoms with Crippen LogP contribution in [-0.4, -0.2) is 11.9 Å². The zero-order chi connectivity index (χ0) is 7.56. The van der Waals surface area contributed by atoms with Crippen LogP contribution in [0.1, 0.15) is 25.7 Å². The zero-order valence-electron chi connectivity index (χ0n) is 6.45. The molecule has 1 fully saturated rings. The maximum atomic E-state index is 10.6. The molecule has 0 bridgehead atoms. The molecular formula is C7H15ClN2O. The van der Waals surface area contributed by atoms with Gasteiger partial charge in [-0.3, -0.25) is 4.79 Å². The van der Waals surface area contributed by atoms with Crippen LogP contribution >= 0.6 is 12.4 Å². The molecule has 0 spiro atoms. The van der Waals surface area contributed by atoms with E-state index < -0.39 is 0 Å². The van der Waals surface area contributed by atoms with Crippen molar-refractivity contribution in [3.8, 4) is 0 Å². The van der Waals surface area contributed by atoms with Gasteiger partial charge in [0, 0.05) is 12.0 Å². The van der Waals surface area contributed by atoms with E-state index in [0.717, 1.165) is 25.7 Å². The SMILES string of the molecule is Cl.NC(=O)C1CCC(N)CC1. The molecule has 3 nitrogen and oxygen atoms in total. The number of hydrogen-bond donors (Lipinski definition) is 2. The first-order valence-electron chi connectivity index (χ1n) is 3.75. The normalized spacial score (nSPS) is 30.6. The molecule has 11 heavy (non-hydrogen) atoms. The van der Waals surface area contributed by atoms with E-state index >= 15 is 0 Å². The maximum absolute atomic E-state index is 10.6. The highest BCUT2D eigenvalue weighted by Crippen LogP contribution is 2.22. The molecule has 0 aromatic carbocycles. The van der Waals surface area contributed by atoms with Crippen LogP contribution in [-0.2, 0) is 4.79 Å². The Morgan fingerprint density at radius 1 is 1.18 bits per heavy atom. The van der Waals surface area contributed by atoms with Gasteiger partial charge in [-0.25, -0.2) is 0 Å². The molecule has 1 saturated carbocycles. The van der Waals surface area contributed by atoms with Crippen molar-refractivity contribution in [2.75, 3.05) is 0 Å². The van der Waals surface area contributed by atoms with Gasteiger partial charge in [0.15, 0.2) is 0 Å². The van der Waals surface area contributed by atoms with Crippen LogP contribution in [0.3, 0.4) is 0 Å². The average molecular weight is 179 g/mol. The van der Waals surface area contributed by atoms with Gasteiger partial charge >= 0.3 is 0 Å². The van der Waals surface area contributed by atoms with E-state index in [2.05, 4.69) is 0 Å². The third kappa shape index (κ3) is 3.08. The van der Waals surface area contributed by atoms with Crippen LogP contribution in [0.15, 0.2) is 0 Å². The van der Waals surface area contributed by atoms with E-state index in [1.54, 1.807) is 0 Å². The highest BCUT2D eigenvalue weighted by molar-refractivity contribution is 5.85. The molecule has 0 radical (unpaired) electrons. The number of carbonyl (C=O) groups is 1. The van der Waals surface area contributed by atoms with Gasteiger partial charge in [-0.1, -0.05) is 0 Å². The molecule has 1 aliphatic carbocycles. The Labute approximate surface area is 72.9 Å². The molecule has 0 unspecified atom stereocenters. The third-order valence-electron chi connectivity index (χ3n) is 2.17. The highest BCUT2D eigenvalue weighted by Gasteiger charge is 2.21. The second kappa shape index (κ2) is 4.57. The summed E-state index contributed by atoms with van der Waals surface area (Å²) in [6, 6.07) is 0.301. The number of rotatable bonds is 1. The second-order valence-electron chi connectivity index (χ2n) is 3.01. The lowest BCUT2D eigenvalue weighted by atomic mass is 9.86. The van der Waals surface area contributed by atoms with Crippen LogP contribution in [0.4, 0.5) is 0 Å². The number of nitrogens with two attached hydrogens (primary N) is 2. The van der Waals surface area contributed by atoms with E-state index in [0.29, 0.717) is 6.04 Å². The monoisotopic (exact) mass is 178 g/mol. The molecule has 0 aliphatic heterocycles. The van der Waals surface area contributed by atoms with E-state index in [1.807, 2.05) is 0 Å². The van der Waals surface area contributed by atoms with Crippen LogP contribution in [0, 0.1) is 5.92 Å². The number of amides is 1. The van der Waals surface area contributed by atoms with Gasteiger partial charge in [0.05, 0.1) is 0 Å². The summed E-state index contributed by atoms with van der Waals surface area (Å²) in [6.45, 7) is 0. The minimum atomic E-state index is -0.160. The summed E-state index contributed by atoms with van der Waals surface area (Å²) in [5, 5.41) is 0. The first kappa shape index (κ1) is 10.7. The maximum Gasteiger partial charge on any atom is 0.220 e. The quantitative estimate of drug-likeness (QED) is 0.611. The average Bonchev–Trinajstić information content (AvgIpc) is 1.88. The zero-order valence-corrected chi connectivity index (χ0v) is 7.27. The summed E-state index contributed by atoms with van der Waals surface area (Å²) < 4.78 is 0. The van der Waals surface area contributed by atoms with E-state index in [-0.39, 0.29) is 24.2 Å². The van der Waals surface area contributed by atoms with Crippen LogP contribution in [0.5, 0.6) is 0 Å². The minimum Gasteiger partial charge on any atom is -0.369 e. The Morgan fingerprint density at radius 3 is 2.00 bits per heavy atom. The van der Waals surface area contributed by atoms with Gasteiger partial charge in [0.1, 0.15) is 0 Å². The first-order valence-corrected chi connectivity index (χ1v) is 3.75. The molecule has 4 N–H and O–H groups in total. The fraction of sp³-hybridized carbons (Fsp3) is 0.857. The molecule has 0 aromatic heterocycles. The van der Waals surface area contributed by atoms with Crippen molar-refractivity contribution < 1.29 is 4.79 Å². The molecule has 0 heterocycles. The van der Waals surface area contributed by atoms with Crippen molar-refractivity contribution in [3.63, 3.8) is 0 Å². The summed E-state index contributed by atoms with van der Waals surface area (Å²) in [5.74, 6) is -0.0632. The van der Waals surface area contributed by atoms with Crippen molar-refractivity contribution in [2.45, 2.75) is 31.7 Å². The molecule has 1 aliphatic rings. The van der Waals surface area contributed by atoms with Gasteiger partial charge in [-0.15, -0.1) is 12.4 Å². The van der Waals surface area contributed by atoms with Crippen LogP contribution in [0.25, 0.3) is 0 Å². The number of hydrogen-bond acceptors (Lipinski definition) is 2. The predicted molar refractivity (Wildman–Crippen MR) is 46.4 cm³/mol. The second-order valence-corrected chi connectivity index (χ2v) is 3.01. The molecule has 1 amide bonds. The largest absolute Gasteiger partial charge is 0.369 e. The van der Waals surface area contributed by atoms with Crippen molar-refractivity contribution in [2.24, 2.45) is 17.4 Å². The fourth-order valence-corrected chi connectivity index (χ4v) is 1.40.